The van der Waals surface area contributed by atoms with Crippen LogP contribution in [0.15, 0.2) is 71.1 Å². The predicted octanol–water partition coefficient (Wildman–Crippen LogP) is 3.14. The maximum atomic E-state index is 12.8. The van der Waals surface area contributed by atoms with E-state index in [2.05, 4.69) is 9.71 Å². The van der Waals surface area contributed by atoms with Gasteiger partial charge in [0.15, 0.2) is 5.13 Å². The Morgan fingerprint density at radius 2 is 1.79 bits per heavy atom. The largest absolute Gasteiger partial charge is 0.386 e. The van der Waals surface area contributed by atoms with Gasteiger partial charge in [-0.25, -0.2) is 13.4 Å². The Bertz CT molecular complexity index is 1050. The summed E-state index contributed by atoms with van der Waals surface area (Å²) in [4.78, 5) is 18.2. The number of likely N-dealkylation sites (N-methyl/N-ethyl adjacent to an activating group) is 1. The third-order valence-electron chi connectivity index (χ3n) is 4.59. The van der Waals surface area contributed by atoms with E-state index in [0.29, 0.717) is 11.1 Å². The van der Waals surface area contributed by atoms with E-state index in [4.69, 9.17) is 0 Å². The molecule has 0 aliphatic rings. The number of sulfonamides is 1. The molecule has 152 valence electrons. The summed E-state index contributed by atoms with van der Waals surface area (Å²) in [6.07, 6.45) is 0.665. The third-order valence-corrected chi connectivity index (χ3v) is 6.77. The Balaban J connectivity index is 1.72. The van der Waals surface area contributed by atoms with Crippen LogP contribution in [0.1, 0.15) is 28.9 Å². The van der Waals surface area contributed by atoms with Crippen LogP contribution in [-0.2, 0) is 10.0 Å². The minimum Gasteiger partial charge on any atom is -0.386 e. The quantitative estimate of drug-likeness (QED) is 0.599. The van der Waals surface area contributed by atoms with Gasteiger partial charge in [0.2, 0.25) is 0 Å². The van der Waals surface area contributed by atoms with Gasteiger partial charge in [0.25, 0.3) is 15.9 Å². The van der Waals surface area contributed by atoms with E-state index in [9.17, 15) is 18.3 Å². The number of hydrogen-bond acceptors (Lipinski definition) is 6. The first-order valence-corrected chi connectivity index (χ1v) is 11.2. The molecule has 2 aromatic carbocycles. The number of rotatable bonds is 7. The van der Waals surface area contributed by atoms with Crippen molar-refractivity contribution in [3.05, 3.63) is 77.3 Å². The monoisotopic (exact) mass is 431 g/mol. The lowest BCUT2D eigenvalue weighted by Crippen LogP contribution is -2.39. The van der Waals surface area contributed by atoms with Gasteiger partial charge in [0.05, 0.1) is 17.0 Å². The lowest BCUT2D eigenvalue weighted by molar-refractivity contribution is 0.0487. The van der Waals surface area contributed by atoms with Crippen LogP contribution in [0, 0.1) is 0 Å². The fraction of sp³-hybridized carbons (Fsp3) is 0.200. The summed E-state index contributed by atoms with van der Waals surface area (Å²) in [6, 6.07) is 14.3. The minimum absolute atomic E-state index is 0.0317. The van der Waals surface area contributed by atoms with Gasteiger partial charge >= 0.3 is 0 Å². The number of thiazole rings is 1. The van der Waals surface area contributed by atoms with Crippen LogP contribution in [-0.4, -0.2) is 42.4 Å². The molecular formula is C20H21N3O4S2. The fourth-order valence-corrected chi connectivity index (χ4v) is 4.54. The van der Waals surface area contributed by atoms with Gasteiger partial charge < -0.3 is 10.0 Å². The second-order valence-electron chi connectivity index (χ2n) is 6.48. The Morgan fingerprint density at radius 3 is 2.38 bits per heavy atom. The second-order valence-corrected chi connectivity index (χ2v) is 9.06. The molecule has 9 heteroatoms. The Morgan fingerprint density at radius 1 is 1.14 bits per heavy atom. The third kappa shape index (κ3) is 4.81. The first kappa shape index (κ1) is 21.0. The molecule has 0 radical (unpaired) electrons. The van der Waals surface area contributed by atoms with Crippen molar-refractivity contribution in [2.24, 2.45) is 0 Å². The lowest BCUT2D eigenvalue weighted by Gasteiger charge is -2.29. The number of carbonyl (C=O) groups is 1. The Labute approximate surface area is 173 Å². The van der Waals surface area contributed by atoms with E-state index >= 15 is 0 Å². The summed E-state index contributed by atoms with van der Waals surface area (Å²) in [5, 5.41) is 12.5. The highest BCUT2D eigenvalue weighted by atomic mass is 32.2. The molecule has 0 bridgehead atoms. The van der Waals surface area contributed by atoms with Crippen molar-refractivity contribution in [3.63, 3.8) is 0 Å². The molecule has 2 N–H and O–H groups in total. The van der Waals surface area contributed by atoms with Crippen LogP contribution in [0.25, 0.3) is 0 Å². The molecular weight excluding hydrogens is 410 g/mol. The second kappa shape index (κ2) is 8.73. The number of hydrogen-bond donors (Lipinski definition) is 2. The van der Waals surface area contributed by atoms with Crippen LogP contribution in [0.3, 0.4) is 0 Å². The number of amides is 1. The SMILES string of the molecule is C[C@@H]([C@@H](O)c1ccccc1)N(C)C(=O)c1ccc(S(=O)(=O)Nc2nccs2)cc1. The van der Waals surface area contributed by atoms with E-state index in [1.807, 2.05) is 18.2 Å². The van der Waals surface area contributed by atoms with Crippen LogP contribution < -0.4 is 4.72 Å². The Hall–Kier alpha value is -2.75. The molecule has 0 aliphatic heterocycles. The van der Waals surface area contributed by atoms with Gasteiger partial charge in [0, 0.05) is 24.2 Å². The number of nitrogens with one attached hydrogen (secondary N) is 1. The topological polar surface area (TPSA) is 99.6 Å². The molecule has 0 saturated carbocycles. The number of aromatic nitrogens is 1. The number of carbonyl (C=O) groups excluding carboxylic acids is 1. The first-order chi connectivity index (χ1) is 13.8. The van der Waals surface area contributed by atoms with Crippen molar-refractivity contribution in [1.29, 1.82) is 0 Å². The number of nitrogens with zero attached hydrogens (tertiary/aromatic N) is 2. The molecule has 0 saturated heterocycles. The number of anilines is 1. The highest BCUT2D eigenvalue weighted by molar-refractivity contribution is 7.93. The predicted molar refractivity (Wildman–Crippen MR) is 112 cm³/mol. The lowest BCUT2D eigenvalue weighted by atomic mass is 10.0. The van der Waals surface area contributed by atoms with Crippen molar-refractivity contribution in [1.82, 2.24) is 9.88 Å². The van der Waals surface area contributed by atoms with Crippen molar-refractivity contribution >= 4 is 32.4 Å². The summed E-state index contributed by atoms with van der Waals surface area (Å²) in [5.41, 5.74) is 1.04. The zero-order valence-electron chi connectivity index (χ0n) is 15.9. The van der Waals surface area contributed by atoms with Gasteiger partial charge in [-0.1, -0.05) is 30.3 Å². The van der Waals surface area contributed by atoms with Gasteiger partial charge in [-0.2, -0.15) is 0 Å². The molecule has 1 aromatic heterocycles. The molecule has 29 heavy (non-hydrogen) atoms. The summed E-state index contributed by atoms with van der Waals surface area (Å²) in [7, 11) is -2.17. The molecule has 2 atom stereocenters. The van der Waals surface area contributed by atoms with Crippen molar-refractivity contribution in [2.75, 3.05) is 11.8 Å². The van der Waals surface area contributed by atoms with Gasteiger partial charge in [-0.15, -0.1) is 11.3 Å². The summed E-state index contributed by atoms with van der Waals surface area (Å²) in [5.74, 6) is -0.315. The molecule has 7 nitrogen and oxygen atoms in total. The average molecular weight is 432 g/mol. The molecule has 0 fully saturated rings. The minimum atomic E-state index is -3.78. The normalized spacial score (nSPS) is 13.5. The van der Waals surface area contributed by atoms with E-state index in [-0.39, 0.29) is 15.9 Å². The smallest absolute Gasteiger partial charge is 0.263 e. The molecule has 0 unspecified atom stereocenters. The number of aliphatic hydroxyl groups is 1. The van der Waals surface area contributed by atoms with Gasteiger partial charge in [-0.05, 0) is 36.8 Å². The Kier molecular flexibility index (Phi) is 6.31. The van der Waals surface area contributed by atoms with Crippen LogP contribution >= 0.6 is 11.3 Å². The van der Waals surface area contributed by atoms with Crippen molar-refractivity contribution in [2.45, 2.75) is 24.0 Å². The van der Waals surface area contributed by atoms with Crippen LogP contribution in [0.5, 0.6) is 0 Å². The number of benzene rings is 2. The van der Waals surface area contributed by atoms with E-state index in [1.165, 1.54) is 46.7 Å². The molecule has 0 spiro atoms. The van der Waals surface area contributed by atoms with Crippen molar-refractivity contribution in [3.8, 4) is 0 Å². The van der Waals surface area contributed by atoms with E-state index in [0.717, 1.165) is 0 Å². The standard InChI is InChI=1S/C20H21N3O4S2/c1-14(18(24)15-6-4-3-5-7-15)23(2)19(25)16-8-10-17(11-9-16)29(26,27)22-20-21-12-13-28-20/h3-14,18,24H,1-2H3,(H,21,22)/t14-,18+/m0/s1. The summed E-state index contributed by atoms with van der Waals surface area (Å²) >= 11 is 1.17. The highest BCUT2D eigenvalue weighted by Gasteiger charge is 2.25. The molecule has 3 rings (SSSR count). The first-order valence-electron chi connectivity index (χ1n) is 8.82. The molecule has 1 heterocycles. The summed E-state index contributed by atoms with van der Waals surface area (Å²) in [6.45, 7) is 1.76. The van der Waals surface area contributed by atoms with Gasteiger partial charge in [-0.3, -0.25) is 9.52 Å². The van der Waals surface area contributed by atoms with Crippen molar-refractivity contribution < 1.29 is 18.3 Å². The van der Waals surface area contributed by atoms with E-state index in [1.54, 1.807) is 31.5 Å². The maximum Gasteiger partial charge on any atom is 0.263 e. The maximum absolute atomic E-state index is 12.8. The molecule has 0 aliphatic carbocycles. The zero-order chi connectivity index (χ0) is 21.0. The van der Waals surface area contributed by atoms with Crippen LogP contribution in [0.4, 0.5) is 5.13 Å². The zero-order valence-corrected chi connectivity index (χ0v) is 17.5. The summed E-state index contributed by atoms with van der Waals surface area (Å²) < 4.78 is 27.2. The highest BCUT2D eigenvalue weighted by Crippen LogP contribution is 2.22. The van der Waals surface area contributed by atoms with E-state index < -0.39 is 22.2 Å². The van der Waals surface area contributed by atoms with Gasteiger partial charge in [0.1, 0.15) is 0 Å². The molecule has 3 aromatic rings. The fourth-order valence-electron chi connectivity index (χ4n) is 2.75. The average Bonchev–Trinajstić information content (AvgIpc) is 3.24. The number of aliphatic hydroxyl groups excluding tert-OH is 1. The van der Waals surface area contributed by atoms with Crippen LogP contribution in [0.2, 0.25) is 0 Å². The molecule has 1 amide bonds.